The van der Waals surface area contributed by atoms with E-state index < -0.39 is 11.9 Å². The number of nitrogens with one attached hydrogen (secondary N) is 1. The number of ether oxygens (including phenoxy) is 1. The standard InChI is InChI=1S/C14H13ClFIN2O/c1-20-12-4-2-3-9(13(12)16)14(19-18)10-7-8(15)5-6-11(10)17/h2-7,14,19H,18H2,1H3. The van der Waals surface area contributed by atoms with E-state index in [-0.39, 0.29) is 5.75 Å². The Bertz CT molecular complexity index is 624. The summed E-state index contributed by atoms with van der Waals surface area (Å²) in [6, 6.07) is 9.86. The molecule has 2 rings (SSSR count). The number of hydrogen-bond acceptors (Lipinski definition) is 3. The summed E-state index contributed by atoms with van der Waals surface area (Å²) >= 11 is 8.18. The zero-order valence-corrected chi connectivity index (χ0v) is 13.6. The zero-order valence-electron chi connectivity index (χ0n) is 10.7. The summed E-state index contributed by atoms with van der Waals surface area (Å²) in [5.74, 6) is 5.36. The Morgan fingerprint density at radius 3 is 2.70 bits per heavy atom. The molecule has 0 aromatic heterocycles. The molecule has 106 valence electrons. The molecule has 0 spiro atoms. The summed E-state index contributed by atoms with van der Waals surface area (Å²) < 4.78 is 20.3. The molecule has 0 amide bonds. The van der Waals surface area contributed by atoms with E-state index >= 15 is 0 Å². The number of nitrogens with two attached hydrogens (primary N) is 1. The second-order valence-electron chi connectivity index (χ2n) is 4.13. The van der Waals surface area contributed by atoms with Gasteiger partial charge >= 0.3 is 0 Å². The van der Waals surface area contributed by atoms with Crippen molar-refractivity contribution in [3.63, 3.8) is 0 Å². The Hall–Kier alpha value is -0.890. The van der Waals surface area contributed by atoms with Gasteiger partial charge in [0, 0.05) is 14.2 Å². The van der Waals surface area contributed by atoms with Crippen LogP contribution in [0.4, 0.5) is 4.39 Å². The van der Waals surface area contributed by atoms with Gasteiger partial charge in [0.05, 0.1) is 13.2 Å². The van der Waals surface area contributed by atoms with Crippen LogP contribution in [0.1, 0.15) is 17.2 Å². The normalized spacial score (nSPS) is 12.2. The van der Waals surface area contributed by atoms with Crippen LogP contribution in [0.5, 0.6) is 5.75 Å². The highest BCUT2D eigenvalue weighted by molar-refractivity contribution is 14.1. The van der Waals surface area contributed by atoms with Gasteiger partial charge in [0.1, 0.15) is 0 Å². The smallest absolute Gasteiger partial charge is 0.170 e. The van der Waals surface area contributed by atoms with Gasteiger partial charge in [-0.25, -0.2) is 9.82 Å². The average Bonchev–Trinajstić information content (AvgIpc) is 2.45. The zero-order chi connectivity index (χ0) is 14.7. The lowest BCUT2D eigenvalue weighted by Gasteiger charge is -2.20. The van der Waals surface area contributed by atoms with Crippen molar-refractivity contribution >= 4 is 34.2 Å². The molecule has 0 aliphatic heterocycles. The molecule has 0 fully saturated rings. The van der Waals surface area contributed by atoms with E-state index in [1.165, 1.54) is 7.11 Å². The van der Waals surface area contributed by atoms with Crippen LogP contribution in [0, 0.1) is 9.39 Å². The van der Waals surface area contributed by atoms with E-state index in [0.717, 1.165) is 9.13 Å². The van der Waals surface area contributed by atoms with Gasteiger partial charge in [0.25, 0.3) is 0 Å². The Kier molecular flexibility index (Phi) is 5.20. The summed E-state index contributed by atoms with van der Waals surface area (Å²) in [4.78, 5) is 0. The van der Waals surface area contributed by atoms with Gasteiger partial charge in [-0.1, -0.05) is 23.7 Å². The monoisotopic (exact) mass is 406 g/mol. The Labute approximate surface area is 135 Å². The maximum atomic E-state index is 14.4. The van der Waals surface area contributed by atoms with Crippen LogP contribution in [-0.4, -0.2) is 7.11 Å². The van der Waals surface area contributed by atoms with E-state index in [4.69, 9.17) is 22.2 Å². The molecule has 3 nitrogen and oxygen atoms in total. The van der Waals surface area contributed by atoms with Crippen molar-refractivity contribution in [2.24, 2.45) is 5.84 Å². The summed E-state index contributed by atoms with van der Waals surface area (Å²) in [7, 11) is 1.43. The molecule has 20 heavy (non-hydrogen) atoms. The van der Waals surface area contributed by atoms with Gasteiger partial charge in [0.15, 0.2) is 11.6 Å². The van der Waals surface area contributed by atoms with E-state index in [1.807, 2.05) is 6.07 Å². The molecule has 0 saturated heterocycles. The minimum Gasteiger partial charge on any atom is -0.494 e. The summed E-state index contributed by atoms with van der Waals surface area (Å²) in [6.07, 6.45) is 0. The molecule has 2 aromatic rings. The second-order valence-corrected chi connectivity index (χ2v) is 5.73. The number of rotatable bonds is 4. The first-order valence-electron chi connectivity index (χ1n) is 5.82. The molecule has 0 radical (unpaired) electrons. The van der Waals surface area contributed by atoms with Crippen molar-refractivity contribution in [3.8, 4) is 5.75 Å². The Morgan fingerprint density at radius 1 is 1.30 bits per heavy atom. The van der Waals surface area contributed by atoms with Gasteiger partial charge in [-0.15, -0.1) is 0 Å². The van der Waals surface area contributed by atoms with Crippen LogP contribution in [0.15, 0.2) is 36.4 Å². The van der Waals surface area contributed by atoms with Crippen molar-refractivity contribution in [1.82, 2.24) is 5.43 Å². The SMILES string of the molecule is COc1cccc(C(NN)c2cc(Cl)ccc2I)c1F. The van der Waals surface area contributed by atoms with Crippen molar-refractivity contribution < 1.29 is 9.13 Å². The maximum absolute atomic E-state index is 14.4. The van der Waals surface area contributed by atoms with Crippen LogP contribution in [-0.2, 0) is 0 Å². The predicted octanol–water partition coefficient (Wildman–Crippen LogP) is 3.65. The molecule has 1 unspecified atom stereocenters. The highest BCUT2D eigenvalue weighted by Gasteiger charge is 2.21. The van der Waals surface area contributed by atoms with Gasteiger partial charge in [-0.2, -0.15) is 0 Å². The number of hydrazine groups is 1. The molecule has 0 bridgehead atoms. The number of benzene rings is 2. The lowest BCUT2D eigenvalue weighted by molar-refractivity contribution is 0.381. The van der Waals surface area contributed by atoms with Crippen molar-refractivity contribution in [1.29, 1.82) is 0 Å². The van der Waals surface area contributed by atoms with E-state index in [1.54, 1.807) is 30.3 Å². The molecule has 0 saturated carbocycles. The van der Waals surface area contributed by atoms with Crippen molar-refractivity contribution in [2.45, 2.75) is 6.04 Å². The molecule has 2 aromatic carbocycles. The van der Waals surface area contributed by atoms with Crippen LogP contribution in [0.2, 0.25) is 5.02 Å². The molecule has 1 atom stereocenters. The average molecular weight is 407 g/mol. The fraction of sp³-hybridized carbons (Fsp3) is 0.143. The molecule has 0 aliphatic carbocycles. The lowest BCUT2D eigenvalue weighted by atomic mass is 9.98. The molecule has 3 N–H and O–H groups in total. The fourth-order valence-electron chi connectivity index (χ4n) is 1.99. The topological polar surface area (TPSA) is 47.3 Å². The summed E-state index contributed by atoms with van der Waals surface area (Å²) in [6.45, 7) is 0. The van der Waals surface area contributed by atoms with Crippen molar-refractivity contribution in [2.75, 3.05) is 7.11 Å². The molecule has 0 heterocycles. The lowest BCUT2D eigenvalue weighted by Crippen LogP contribution is -2.30. The highest BCUT2D eigenvalue weighted by atomic mass is 127. The van der Waals surface area contributed by atoms with E-state index in [9.17, 15) is 4.39 Å². The second kappa shape index (κ2) is 6.71. The first kappa shape index (κ1) is 15.5. The molecule has 6 heteroatoms. The number of halogens is 3. The summed E-state index contributed by atoms with van der Waals surface area (Å²) in [5, 5.41) is 0.573. The highest BCUT2D eigenvalue weighted by Crippen LogP contribution is 2.32. The molecular weight excluding hydrogens is 394 g/mol. The Balaban J connectivity index is 2.55. The van der Waals surface area contributed by atoms with Crippen LogP contribution >= 0.6 is 34.2 Å². The first-order chi connectivity index (χ1) is 9.58. The van der Waals surface area contributed by atoms with E-state index in [0.29, 0.717) is 10.6 Å². The number of hydrogen-bond donors (Lipinski definition) is 2. The first-order valence-corrected chi connectivity index (χ1v) is 7.27. The fourth-order valence-corrected chi connectivity index (χ4v) is 2.82. The minimum absolute atomic E-state index is 0.180. The summed E-state index contributed by atoms with van der Waals surface area (Å²) in [5.41, 5.74) is 3.86. The Morgan fingerprint density at radius 2 is 2.05 bits per heavy atom. The third kappa shape index (κ3) is 3.06. The quantitative estimate of drug-likeness (QED) is 0.463. The van der Waals surface area contributed by atoms with Gasteiger partial charge in [0.2, 0.25) is 0 Å². The largest absolute Gasteiger partial charge is 0.494 e. The van der Waals surface area contributed by atoms with Crippen molar-refractivity contribution in [3.05, 3.63) is 61.9 Å². The molecular formula is C14H13ClFIN2O. The number of methoxy groups -OCH3 is 1. The minimum atomic E-state index is -0.504. The van der Waals surface area contributed by atoms with Crippen LogP contribution < -0.4 is 16.0 Å². The van der Waals surface area contributed by atoms with Gasteiger partial charge in [-0.3, -0.25) is 5.84 Å². The maximum Gasteiger partial charge on any atom is 0.170 e. The van der Waals surface area contributed by atoms with Gasteiger partial charge in [-0.05, 0) is 52.4 Å². The van der Waals surface area contributed by atoms with Crippen LogP contribution in [0.3, 0.4) is 0 Å². The third-order valence-corrected chi connectivity index (χ3v) is 4.18. The third-order valence-electron chi connectivity index (χ3n) is 2.96. The molecule has 0 aliphatic rings. The van der Waals surface area contributed by atoms with Crippen LogP contribution in [0.25, 0.3) is 0 Å². The van der Waals surface area contributed by atoms with E-state index in [2.05, 4.69) is 28.0 Å². The predicted molar refractivity (Wildman–Crippen MR) is 86.3 cm³/mol. The van der Waals surface area contributed by atoms with Gasteiger partial charge < -0.3 is 4.74 Å².